The van der Waals surface area contributed by atoms with Crippen molar-refractivity contribution in [2.75, 3.05) is 6.61 Å². The zero-order valence-electron chi connectivity index (χ0n) is 11.0. The number of hydrogen-bond acceptors (Lipinski definition) is 4. The van der Waals surface area contributed by atoms with Gasteiger partial charge in [0.15, 0.2) is 11.5 Å². The SMILES string of the molecule is CCCOc1cccc(-c2nnc3cncc(Cl)n23)c1. The van der Waals surface area contributed by atoms with Crippen molar-refractivity contribution in [1.29, 1.82) is 0 Å². The minimum Gasteiger partial charge on any atom is -0.494 e. The van der Waals surface area contributed by atoms with E-state index >= 15 is 0 Å². The first-order chi connectivity index (χ1) is 9.79. The molecule has 20 heavy (non-hydrogen) atoms. The molecule has 0 radical (unpaired) electrons. The van der Waals surface area contributed by atoms with Crippen molar-refractivity contribution in [2.45, 2.75) is 13.3 Å². The van der Waals surface area contributed by atoms with E-state index in [9.17, 15) is 0 Å². The number of nitrogens with zero attached hydrogens (tertiary/aromatic N) is 4. The van der Waals surface area contributed by atoms with Gasteiger partial charge in [-0.3, -0.25) is 9.38 Å². The molecule has 102 valence electrons. The lowest BCUT2D eigenvalue weighted by atomic mass is 10.2. The van der Waals surface area contributed by atoms with Crippen molar-refractivity contribution < 1.29 is 4.74 Å². The third-order valence-corrected chi connectivity index (χ3v) is 3.10. The van der Waals surface area contributed by atoms with E-state index < -0.39 is 0 Å². The first kappa shape index (κ1) is 12.9. The Morgan fingerprint density at radius 1 is 1.25 bits per heavy atom. The quantitative estimate of drug-likeness (QED) is 0.739. The molecule has 3 aromatic rings. The van der Waals surface area contributed by atoms with Crippen LogP contribution >= 0.6 is 11.6 Å². The third-order valence-electron chi connectivity index (χ3n) is 2.84. The summed E-state index contributed by atoms with van der Waals surface area (Å²) >= 11 is 6.17. The van der Waals surface area contributed by atoms with Gasteiger partial charge in [0, 0.05) is 5.56 Å². The van der Waals surface area contributed by atoms with Gasteiger partial charge >= 0.3 is 0 Å². The Labute approximate surface area is 121 Å². The van der Waals surface area contributed by atoms with Gasteiger partial charge in [-0.25, -0.2) is 0 Å². The van der Waals surface area contributed by atoms with Crippen LogP contribution in [0.1, 0.15) is 13.3 Å². The summed E-state index contributed by atoms with van der Waals surface area (Å²) in [7, 11) is 0. The molecule has 0 spiro atoms. The Balaban J connectivity index is 2.07. The van der Waals surface area contributed by atoms with Crippen molar-refractivity contribution in [3.63, 3.8) is 0 Å². The monoisotopic (exact) mass is 288 g/mol. The van der Waals surface area contributed by atoms with E-state index in [4.69, 9.17) is 16.3 Å². The average Bonchev–Trinajstić information content (AvgIpc) is 2.91. The fourth-order valence-corrected chi connectivity index (χ4v) is 2.17. The second kappa shape index (κ2) is 5.46. The molecule has 0 saturated heterocycles. The van der Waals surface area contributed by atoms with Crippen molar-refractivity contribution in [3.8, 4) is 17.1 Å². The molecule has 3 rings (SSSR count). The highest BCUT2D eigenvalue weighted by molar-refractivity contribution is 6.29. The molecule has 0 N–H and O–H groups in total. The molecule has 0 amide bonds. The summed E-state index contributed by atoms with van der Waals surface area (Å²) in [5.74, 6) is 1.49. The van der Waals surface area contributed by atoms with Crippen molar-refractivity contribution in [2.24, 2.45) is 0 Å². The van der Waals surface area contributed by atoms with Gasteiger partial charge in [0.1, 0.15) is 10.9 Å². The summed E-state index contributed by atoms with van der Waals surface area (Å²) in [5.41, 5.74) is 1.52. The van der Waals surface area contributed by atoms with Gasteiger partial charge in [-0.1, -0.05) is 30.7 Å². The van der Waals surface area contributed by atoms with Crippen LogP contribution in [-0.2, 0) is 0 Å². The summed E-state index contributed by atoms with van der Waals surface area (Å²) in [6.07, 6.45) is 4.16. The fourth-order valence-electron chi connectivity index (χ4n) is 1.95. The van der Waals surface area contributed by atoms with E-state index in [0.717, 1.165) is 17.7 Å². The van der Waals surface area contributed by atoms with Crippen LogP contribution in [0.15, 0.2) is 36.7 Å². The van der Waals surface area contributed by atoms with E-state index in [1.165, 1.54) is 0 Å². The highest BCUT2D eigenvalue weighted by atomic mass is 35.5. The fraction of sp³-hybridized carbons (Fsp3) is 0.214. The van der Waals surface area contributed by atoms with Crippen LogP contribution < -0.4 is 4.74 Å². The molecule has 6 heteroatoms. The van der Waals surface area contributed by atoms with E-state index in [-0.39, 0.29) is 0 Å². The maximum atomic E-state index is 6.17. The molecule has 5 nitrogen and oxygen atoms in total. The number of halogens is 1. The Kier molecular flexibility index (Phi) is 3.52. The Morgan fingerprint density at radius 3 is 3.00 bits per heavy atom. The summed E-state index contributed by atoms with van der Waals surface area (Å²) in [6, 6.07) is 7.73. The first-order valence-corrected chi connectivity index (χ1v) is 6.75. The lowest BCUT2D eigenvalue weighted by Gasteiger charge is -2.06. The Bertz CT molecular complexity index is 741. The molecule has 2 aromatic heterocycles. The van der Waals surface area contributed by atoms with Gasteiger partial charge in [0.25, 0.3) is 0 Å². The Hall–Kier alpha value is -2.14. The predicted octanol–water partition coefficient (Wildman–Crippen LogP) is 3.23. The number of hydrogen-bond donors (Lipinski definition) is 0. The smallest absolute Gasteiger partial charge is 0.180 e. The summed E-state index contributed by atoms with van der Waals surface area (Å²) < 4.78 is 7.39. The molecule has 0 unspecified atom stereocenters. The van der Waals surface area contributed by atoms with Gasteiger partial charge in [-0.2, -0.15) is 0 Å². The van der Waals surface area contributed by atoms with E-state index in [2.05, 4.69) is 22.1 Å². The number of ether oxygens (including phenoxy) is 1. The highest BCUT2D eigenvalue weighted by Gasteiger charge is 2.11. The van der Waals surface area contributed by atoms with Crippen LogP contribution in [0.2, 0.25) is 5.15 Å². The normalized spacial score (nSPS) is 10.9. The first-order valence-electron chi connectivity index (χ1n) is 6.37. The van der Waals surface area contributed by atoms with Crippen LogP contribution in [-0.4, -0.2) is 26.2 Å². The van der Waals surface area contributed by atoms with Crippen LogP contribution in [0.4, 0.5) is 0 Å². The molecule has 0 atom stereocenters. The van der Waals surface area contributed by atoms with Gasteiger partial charge < -0.3 is 4.74 Å². The van der Waals surface area contributed by atoms with Gasteiger partial charge in [-0.15, -0.1) is 10.2 Å². The molecule has 0 aliphatic heterocycles. The molecule has 0 bridgehead atoms. The van der Waals surface area contributed by atoms with E-state index in [1.54, 1.807) is 16.8 Å². The second-order valence-corrected chi connectivity index (χ2v) is 4.71. The number of benzene rings is 1. The van der Waals surface area contributed by atoms with Crippen LogP contribution in [0.3, 0.4) is 0 Å². The van der Waals surface area contributed by atoms with Gasteiger partial charge in [-0.05, 0) is 18.6 Å². The summed E-state index contributed by atoms with van der Waals surface area (Å²) in [4.78, 5) is 4.00. The summed E-state index contributed by atoms with van der Waals surface area (Å²) in [5, 5.41) is 8.73. The second-order valence-electron chi connectivity index (χ2n) is 4.32. The minimum atomic E-state index is 0.474. The molecule has 2 heterocycles. The van der Waals surface area contributed by atoms with Crippen molar-refractivity contribution in [3.05, 3.63) is 41.8 Å². The van der Waals surface area contributed by atoms with E-state index in [1.807, 2.05) is 24.3 Å². The molecule has 0 aliphatic carbocycles. The zero-order chi connectivity index (χ0) is 13.9. The number of fused-ring (bicyclic) bond motifs is 1. The minimum absolute atomic E-state index is 0.474. The van der Waals surface area contributed by atoms with Gasteiger partial charge in [0.05, 0.1) is 19.0 Å². The average molecular weight is 289 g/mol. The van der Waals surface area contributed by atoms with Crippen molar-refractivity contribution >= 4 is 17.2 Å². The largest absolute Gasteiger partial charge is 0.494 e. The van der Waals surface area contributed by atoms with Gasteiger partial charge in [0.2, 0.25) is 0 Å². The maximum absolute atomic E-state index is 6.17. The molecule has 0 saturated carbocycles. The molecular formula is C14H13ClN4O. The number of aromatic nitrogens is 4. The van der Waals surface area contributed by atoms with Crippen LogP contribution in [0, 0.1) is 0 Å². The summed E-state index contributed by atoms with van der Waals surface area (Å²) in [6.45, 7) is 2.76. The van der Waals surface area contributed by atoms with E-state index in [0.29, 0.717) is 23.2 Å². The standard InChI is InChI=1S/C14H13ClN4O/c1-2-6-20-11-5-3-4-10(7-11)14-18-17-13-9-16-8-12(15)19(13)14/h3-5,7-9H,2,6H2,1H3. The predicted molar refractivity (Wildman–Crippen MR) is 77.0 cm³/mol. The maximum Gasteiger partial charge on any atom is 0.180 e. The zero-order valence-corrected chi connectivity index (χ0v) is 11.7. The molecule has 1 aromatic carbocycles. The number of rotatable bonds is 4. The Morgan fingerprint density at radius 2 is 2.15 bits per heavy atom. The van der Waals surface area contributed by atoms with Crippen molar-refractivity contribution in [1.82, 2.24) is 19.6 Å². The lowest BCUT2D eigenvalue weighted by molar-refractivity contribution is 0.317. The molecule has 0 fully saturated rings. The third kappa shape index (κ3) is 2.32. The highest BCUT2D eigenvalue weighted by Crippen LogP contribution is 2.25. The molecule has 0 aliphatic rings. The topological polar surface area (TPSA) is 52.3 Å². The lowest BCUT2D eigenvalue weighted by Crippen LogP contribution is -1.96. The van der Waals surface area contributed by atoms with Crippen LogP contribution in [0.5, 0.6) is 5.75 Å². The van der Waals surface area contributed by atoms with Crippen LogP contribution in [0.25, 0.3) is 17.0 Å². The molecular weight excluding hydrogens is 276 g/mol.